The number of nitrogens with one attached hydrogen (secondary N) is 2. The number of fused-ring (bicyclic) bond motifs is 1. The molecule has 0 atom stereocenters. The molecule has 0 fully saturated rings. The van der Waals surface area contributed by atoms with E-state index in [4.69, 9.17) is 0 Å². The van der Waals surface area contributed by atoms with Crippen molar-refractivity contribution >= 4 is 21.6 Å². The highest BCUT2D eigenvalue weighted by molar-refractivity contribution is 7.89. The predicted octanol–water partition coefficient (Wildman–Crippen LogP) is 2.50. The van der Waals surface area contributed by atoms with Gasteiger partial charge in [-0.2, -0.15) is 0 Å². The molecule has 126 valence electrons. The molecule has 0 spiro atoms. The van der Waals surface area contributed by atoms with Crippen molar-refractivity contribution in [3.8, 4) is 0 Å². The summed E-state index contributed by atoms with van der Waals surface area (Å²) in [6.07, 6.45) is 1.07. The Morgan fingerprint density at radius 2 is 1.96 bits per heavy atom. The van der Waals surface area contributed by atoms with Gasteiger partial charge < -0.3 is 5.32 Å². The van der Waals surface area contributed by atoms with E-state index in [2.05, 4.69) is 10.0 Å². The Morgan fingerprint density at radius 1 is 1.17 bits per heavy atom. The summed E-state index contributed by atoms with van der Waals surface area (Å²) < 4.78 is 40.4. The monoisotopic (exact) mass is 348 g/mol. The van der Waals surface area contributed by atoms with Crippen molar-refractivity contribution in [2.24, 2.45) is 0 Å². The minimum absolute atomic E-state index is 0.0115. The van der Waals surface area contributed by atoms with Crippen LogP contribution in [0.15, 0.2) is 41.3 Å². The topological polar surface area (TPSA) is 75.3 Å². The van der Waals surface area contributed by atoms with E-state index < -0.39 is 15.8 Å². The second kappa shape index (κ2) is 6.33. The Morgan fingerprint density at radius 3 is 2.71 bits per heavy atom. The Kier molecular flexibility index (Phi) is 4.38. The van der Waals surface area contributed by atoms with Crippen molar-refractivity contribution in [1.29, 1.82) is 0 Å². The van der Waals surface area contributed by atoms with Gasteiger partial charge in [0.2, 0.25) is 15.9 Å². The fourth-order valence-electron chi connectivity index (χ4n) is 2.59. The van der Waals surface area contributed by atoms with Crippen molar-refractivity contribution in [3.05, 3.63) is 58.9 Å². The van der Waals surface area contributed by atoms with Gasteiger partial charge in [-0.25, -0.2) is 17.5 Å². The summed E-state index contributed by atoms with van der Waals surface area (Å²) in [5.74, 6) is -0.451. The molecular weight excluding hydrogens is 331 g/mol. The number of carbonyl (C=O) groups excluding carboxylic acids is 1. The molecule has 2 N–H and O–H groups in total. The van der Waals surface area contributed by atoms with Crippen LogP contribution in [0.2, 0.25) is 0 Å². The first-order chi connectivity index (χ1) is 11.3. The molecule has 5 nitrogen and oxygen atoms in total. The highest BCUT2D eigenvalue weighted by atomic mass is 32.2. The average Bonchev–Trinajstić information content (AvgIpc) is 2.55. The van der Waals surface area contributed by atoms with Crippen molar-refractivity contribution in [1.82, 2.24) is 4.72 Å². The van der Waals surface area contributed by atoms with Gasteiger partial charge in [-0.05, 0) is 54.3 Å². The van der Waals surface area contributed by atoms with E-state index in [0.29, 0.717) is 12.8 Å². The zero-order chi connectivity index (χ0) is 17.3. The molecule has 0 aromatic heterocycles. The largest absolute Gasteiger partial charge is 0.326 e. The minimum Gasteiger partial charge on any atom is -0.326 e. The Hall–Kier alpha value is -2.25. The van der Waals surface area contributed by atoms with Gasteiger partial charge >= 0.3 is 0 Å². The first-order valence-electron chi connectivity index (χ1n) is 7.52. The van der Waals surface area contributed by atoms with E-state index in [1.54, 1.807) is 12.1 Å². The minimum atomic E-state index is -3.71. The SMILES string of the molecule is Cc1cc(S(=O)(=O)NCc2ccc3c(c2)CCC(=O)N3)ccc1F. The Labute approximate surface area is 139 Å². The second-order valence-electron chi connectivity index (χ2n) is 5.78. The molecule has 1 aliphatic rings. The summed E-state index contributed by atoms with van der Waals surface area (Å²) in [5.41, 5.74) is 2.84. The molecule has 2 aromatic rings. The van der Waals surface area contributed by atoms with Crippen LogP contribution in [0, 0.1) is 12.7 Å². The molecule has 2 aromatic carbocycles. The molecule has 3 rings (SSSR count). The van der Waals surface area contributed by atoms with Gasteiger partial charge in [0.15, 0.2) is 0 Å². The van der Waals surface area contributed by atoms with Crippen molar-refractivity contribution in [2.45, 2.75) is 31.2 Å². The van der Waals surface area contributed by atoms with E-state index in [-0.39, 0.29) is 22.9 Å². The molecular formula is C17H17FN2O3S. The lowest BCUT2D eigenvalue weighted by molar-refractivity contribution is -0.116. The number of amides is 1. The summed E-state index contributed by atoms with van der Waals surface area (Å²) in [4.78, 5) is 11.4. The van der Waals surface area contributed by atoms with Gasteiger partial charge in [-0.15, -0.1) is 0 Å². The number of anilines is 1. The third-order valence-electron chi connectivity index (χ3n) is 3.97. The summed E-state index contributed by atoms with van der Waals surface area (Å²) >= 11 is 0. The zero-order valence-electron chi connectivity index (χ0n) is 13.1. The first-order valence-corrected chi connectivity index (χ1v) is 9.01. The summed E-state index contributed by atoms with van der Waals surface area (Å²) in [7, 11) is -3.71. The molecule has 0 radical (unpaired) electrons. The maximum Gasteiger partial charge on any atom is 0.240 e. The summed E-state index contributed by atoms with van der Waals surface area (Å²) in [6.45, 7) is 1.64. The van der Waals surface area contributed by atoms with E-state index >= 15 is 0 Å². The number of halogens is 1. The van der Waals surface area contributed by atoms with Crippen LogP contribution in [0.1, 0.15) is 23.1 Å². The lowest BCUT2D eigenvalue weighted by Gasteiger charge is -2.17. The van der Waals surface area contributed by atoms with Crippen molar-refractivity contribution in [2.75, 3.05) is 5.32 Å². The average molecular weight is 348 g/mol. The maximum atomic E-state index is 13.3. The first kappa shape index (κ1) is 16.6. The van der Waals surface area contributed by atoms with Crippen LogP contribution in [0.3, 0.4) is 0 Å². The third kappa shape index (κ3) is 3.47. The third-order valence-corrected chi connectivity index (χ3v) is 5.37. The Balaban J connectivity index is 1.75. The highest BCUT2D eigenvalue weighted by Crippen LogP contribution is 2.23. The molecule has 0 saturated carbocycles. The van der Waals surface area contributed by atoms with Gasteiger partial charge in [0.25, 0.3) is 0 Å². The fraction of sp³-hybridized carbons (Fsp3) is 0.235. The van der Waals surface area contributed by atoms with Crippen LogP contribution in [-0.2, 0) is 27.8 Å². The van der Waals surface area contributed by atoms with Gasteiger partial charge in [0.05, 0.1) is 4.90 Å². The van der Waals surface area contributed by atoms with Crippen LogP contribution < -0.4 is 10.0 Å². The number of hydrogen-bond acceptors (Lipinski definition) is 3. The molecule has 1 heterocycles. The van der Waals surface area contributed by atoms with E-state index in [1.807, 2.05) is 6.07 Å². The number of benzene rings is 2. The van der Waals surface area contributed by atoms with Crippen LogP contribution in [0.25, 0.3) is 0 Å². The van der Waals surface area contributed by atoms with E-state index in [0.717, 1.165) is 22.9 Å². The Bertz CT molecular complexity index is 910. The molecule has 0 saturated heterocycles. The molecule has 0 unspecified atom stereocenters. The van der Waals surface area contributed by atoms with Crippen LogP contribution in [-0.4, -0.2) is 14.3 Å². The standard InChI is InChI=1S/C17H17FN2O3S/c1-11-8-14(4-5-15(11)18)24(22,23)19-10-12-2-6-16-13(9-12)3-7-17(21)20-16/h2,4-6,8-9,19H,3,7,10H2,1H3,(H,20,21). The quantitative estimate of drug-likeness (QED) is 0.891. The number of carbonyl (C=O) groups is 1. The molecule has 1 aliphatic heterocycles. The van der Waals surface area contributed by atoms with E-state index in [1.165, 1.54) is 19.1 Å². The molecule has 0 aliphatic carbocycles. The molecule has 7 heteroatoms. The zero-order valence-corrected chi connectivity index (χ0v) is 13.9. The number of sulfonamides is 1. The molecule has 1 amide bonds. The van der Waals surface area contributed by atoms with Crippen LogP contribution in [0.4, 0.5) is 10.1 Å². The lowest BCUT2D eigenvalue weighted by atomic mass is 10.0. The molecule has 0 bridgehead atoms. The number of hydrogen-bond donors (Lipinski definition) is 2. The maximum absolute atomic E-state index is 13.3. The smallest absolute Gasteiger partial charge is 0.240 e. The predicted molar refractivity (Wildman–Crippen MR) is 88.6 cm³/mol. The van der Waals surface area contributed by atoms with Crippen LogP contribution in [0.5, 0.6) is 0 Å². The fourth-order valence-corrected chi connectivity index (χ4v) is 3.70. The number of rotatable bonds is 4. The number of aryl methyl sites for hydroxylation is 2. The normalized spacial score (nSPS) is 14.2. The van der Waals surface area contributed by atoms with Crippen LogP contribution >= 0.6 is 0 Å². The van der Waals surface area contributed by atoms with Gasteiger partial charge in [0.1, 0.15) is 5.82 Å². The van der Waals surface area contributed by atoms with Gasteiger partial charge in [-0.3, -0.25) is 4.79 Å². The lowest BCUT2D eigenvalue weighted by Crippen LogP contribution is -2.24. The van der Waals surface area contributed by atoms with E-state index in [9.17, 15) is 17.6 Å². The molecule has 24 heavy (non-hydrogen) atoms. The highest BCUT2D eigenvalue weighted by Gasteiger charge is 2.17. The summed E-state index contributed by atoms with van der Waals surface area (Å²) in [5, 5.41) is 2.78. The van der Waals surface area contributed by atoms with Gasteiger partial charge in [-0.1, -0.05) is 12.1 Å². The summed E-state index contributed by atoms with van der Waals surface area (Å²) in [6, 6.07) is 9.12. The van der Waals surface area contributed by atoms with Gasteiger partial charge in [0, 0.05) is 18.7 Å². The second-order valence-corrected chi connectivity index (χ2v) is 7.54. The van der Waals surface area contributed by atoms with Crippen molar-refractivity contribution in [3.63, 3.8) is 0 Å². The van der Waals surface area contributed by atoms with Crippen molar-refractivity contribution < 1.29 is 17.6 Å².